The number of hydrogen-bond acceptors (Lipinski definition) is 0. The third-order valence-corrected chi connectivity index (χ3v) is 12.5. The summed E-state index contributed by atoms with van der Waals surface area (Å²) < 4.78 is 0. The van der Waals surface area contributed by atoms with Crippen LogP contribution in [-0.4, -0.2) is 11.3 Å². The zero-order valence-corrected chi connectivity index (χ0v) is 27.2. The summed E-state index contributed by atoms with van der Waals surface area (Å²) in [6.07, 6.45) is 0. The van der Waals surface area contributed by atoms with Gasteiger partial charge in [-0.05, 0) is 62.5 Å². The van der Waals surface area contributed by atoms with Crippen LogP contribution in [0.1, 0.15) is 98.4 Å². The second-order valence-corrected chi connectivity index (χ2v) is 19.1. The first kappa shape index (κ1) is 32.0. The van der Waals surface area contributed by atoms with Gasteiger partial charge in [-0.25, -0.2) is 7.05 Å². The number of halogens is 2. The molecule has 0 atom stereocenters. The number of nitrogens with zero attached hydrogens (tertiary/aromatic N) is 1. The molecule has 1 nitrogen and oxygen atoms in total. The molecule has 5 heteroatoms. The van der Waals surface area contributed by atoms with Gasteiger partial charge in [0.1, 0.15) is 0 Å². The van der Waals surface area contributed by atoms with Crippen LogP contribution < -0.4 is 0 Å². The van der Waals surface area contributed by atoms with Gasteiger partial charge in [-0.2, -0.15) is 0 Å². The summed E-state index contributed by atoms with van der Waals surface area (Å²) in [6, 6.07) is 14.0. The number of hydrogen-bond donors (Lipinski definition) is 0. The SMILES string of the molecule is CC(C)P(=[N-])(C(C)C)C1(C)c2cc(C(C)(C)C)ccc2-c2ccc(C(C)(C)C)cc21.[CH3-].[Cl][Ti][Cl]. The van der Waals surface area contributed by atoms with Crippen LogP contribution in [0.25, 0.3) is 16.3 Å². The molecule has 1 aliphatic carbocycles. The van der Waals surface area contributed by atoms with E-state index in [2.05, 4.69) is 113 Å². The molecule has 0 aromatic heterocycles. The molecule has 1 aliphatic rings. The van der Waals surface area contributed by atoms with E-state index in [0.29, 0.717) is 0 Å². The Morgan fingerprint density at radius 3 is 1.29 bits per heavy atom. The van der Waals surface area contributed by atoms with Gasteiger partial charge in [-0.3, -0.25) is 0 Å². The van der Waals surface area contributed by atoms with Crippen LogP contribution in [0.2, 0.25) is 0 Å². The Morgan fingerprint density at radius 2 is 1.06 bits per heavy atom. The van der Waals surface area contributed by atoms with Crippen LogP contribution in [0.4, 0.5) is 0 Å². The Labute approximate surface area is 227 Å². The summed E-state index contributed by atoms with van der Waals surface area (Å²) in [5, 5.41) is 12.2. The fourth-order valence-electron chi connectivity index (χ4n) is 5.46. The minimum atomic E-state index is -2.38. The molecule has 0 spiro atoms. The third kappa shape index (κ3) is 5.45. The summed E-state index contributed by atoms with van der Waals surface area (Å²) in [7, 11) is 7.40. The predicted octanol–water partition coefficient (Wildman–Crippen LogP) is 10.9. The van der Waals surface area contributed by atoms with E-state index in [1.807, 2.05) is 0 Å². The van der Waals surface area contributed by atoms with E-state index < -0.39 is 24.1 Å². The van der Waals surface area contributed by atoms with Gasteiger partial charge in [0, 0.05) is 5.16 Å². The molecule has 0 N–H and O–H groups in total. The quantitative estimate of drug-likeness (QED) is 0.204. The molecule has 0 radical (unpaired) electrons. The summed E-state index contributed by atoms with van der Waals surface area (Å²) in [6.45, 7) is 24.9. The molecule has 0 saturated heterocycles. The van der Waals surface area contributed by atoms with Crippen LogP contribution in [0.5, 0.6) is 0 Å². The Balaban J connectivity index is 0.00000137. The first-order chi connectivity index (χ1) is 15.0. The molecule has 0 unspecified atom stereocenters. The second-order valence-electron chi connectivity index (χ2n) is 12.1. The van der Waals surface area contributed by atoms with E-state index in [1.165, 1.54) is 33.4 Å². The molecule has 190 valence electrons. The monoisotopic (exact) mass is 555 g/mol. The van der Waals surface area contributed by atoms with Crippen molar-refractivity contribution in [1.29, 1.82) is 0 Å². The van der Waals surface area contributed by atoms with Crippen LogP contribution >= 0.6 is 25.7 Å². The Morgan fingerprint density at radius 1 is 0.765 bits per heavy atom. The van der Waals surface area contributed by atoms with Gasteiger partial charge >= 0.3 is 35.6 Å². The predicted molar refractivity (Wildman–Crippen MR) is 154 cm³/mol. The van der Waals surface area contributed by atoms with Gasteiger partial charge < -0.3 is 12.6 Å². The van der Waals surface area contributed by atoms with E-state index in [9.17, 15) is 5.16 Å². The van der Waals surface area contributed by atoms with Gasteiger partial charge in [0.2, 0.25) is 0 Å². The van der Waals surface area contributed by atoms with Gasteiger partial charge in [0.25, 0.3) is 0 Å². The third-order valence-electron chi connectivity index (χ3n) is 7.40. The van der Waals surface area contributed by atoms with Crippen molar-refractivity contribution in [2.75, 3.05) is 0 Å². The van der Waals surface area contributed by atoms with Gasteiger partial charge in [-0.1, -0.05) is 106 Å². The Kier molecular flexibility index (Phi) is 10.5. The topological polar surface area (TPSA) is 22.3 Å². The molecule has 0 amide bonds. The molecular weight excluding hydrogens is 512 g/mol. The fourth-order valence-corrected chi connectivity index (χ4v) is 9.86. The van der Waals surface area contributed by atoms with E-state index in [1.54, 1.807) is 0 Å². The number of fused-ring (bicyclic) bond motifs is 3. The number of rotatable bonds is 3. The van der Waals surface area contributed by atoms with E-state index in [-0.39, 0.29) is 34.7 Å². The zero-order chi connectivity index (χ0) is 25.6. The molecule has 2 aromatic carbocycles. The molecule has 0 heterocycles. The summed E-state index contributed by atoms with van der Waals surface area (Å²) in [4.78, 5) is 0. The summed E-state index contributed by atoms with van der Waals surface area (Å²) in [5.74, 6) is 0. The van der Waals surface area contributed by atoms with Crippen molar-refractivity contribution in [3.63, 3.8) is 0 Å². The standard InChI is InChI=1S/C28H41NP.CH3.2ClH.Ti/c1-18(2)30(29,19(3)4)28(11)24-16-20(26(5,6)7)12-14-22(24)23-15-13-21(17-25(23)28)27(8,9)10;;;;/h12-19H,1-11H3;1H3;2*1H;/q2*-1;;;+2/p-2. The summed E-state index contributed by atoms with van der Waals surface area (Å²) >= 11 is -0.556. The first-order valence-electron chi connectivity index (χ1n) is 11.9. The molecule has 34 heavy (non-hydrogen) atoms. The normalized spacial score (nSPS) is 14.7. The van der Waals surface area contributed by atoms with Crippen molar-refractivity contribution in [3.05, 3.63) is 71.2 Å². The summed E-state index contributed by atoms with van der Waals surface area (Å²) in [5.41, 5.74) is 8.58. The first-order valence-corrected chi connectivity index (χ1v) is 18.0. The van der Waals surface area contributed by atoms with Crippen LogP contribution in [-0.2, 0) is 33.0 Å². The zero-order valence-electron chi connectivity index (χ0n) is 23.3. The molecule has 0 fully saturated rings. The molecular formula is C29H44Cl2NPTi-2. The van der Waals surface area contributed by atoms with E-state index >= 15 is 0 Å². The van der Waals surface area contributed by atoms with Crippen molar-refractivity contribution >= 4 is 25.7 Å². The van der Waals surface area contributed by atoms with Crippen LogP contribution in [0.3, 0.4) is 0 Å². The van der Waals surface area contributed by atoms with Gasteiger partial charge in [0.15, 0.2) is 0 Å². The van der Waals surface area contributed by atoms with E-state index in [0.717, 1.165) is 0 Å². The molecule has 2 aromatic rings. The average Bonchev–Trinajstić information content (AvgIpc) is 2.95. The van der Waals surface area contributed by atoms with Crippen molar-refractivity contribution in [2.24, 2.45) is 0 Å². The van der Waals surface area contributed by atoms with Crippen LogP contribution in [0, 0.1) is 7.43 Å². The fraction of sp³-hybridized carbons (Fsp3) is 0.552. The minimum absolute atomic E-state index is 0. The van der Waals surface area contributed by atoms with Crippen molar-refractivity contribution in [2.45, 2.75) is 103 Å². The maximum absolute atomic E-state index is 12.5. The Hall–Kier alpha value is -0.0357. The number of benzene rings is 2. The van der Waals surface area contributed by atoms with Crippen molar-refractivity contribution < 1.29 is 17.0 Å². The Bertz CT molecular complexity index is 970. The molecule has 0 saturated carbocycles. The van der Waals surface area contributed by atoms with Crippen molar-refractivity contribution in [3.8, 4) is 11.1 Å². The van der Waals surface area contributed by atoms with Gasteiger partial charge in [0.05, 0.1) is 0 Å². The molecule has 0 bridgehead atoms. The van der Waals surface area contributed by atoms with E-state index in [4.69, 9.17) is 18.6 Å². The molecule has 0 aliphatic heterocycles. The maximum atomic E-state index is 12.5. The average molecular weight is 556 g/mol. The van der Waals surface area contributed by atoms with Crippen molar-refractivity contribution in [1.82, 2.24) is 0 Å². The van der Waals surface area contributed by atoms with Gasteiger partial charge in [-0.15, -0.1) is 0 Å². The second kappa shape index (κ2) is 11.1. The molecule has 3 rings (SSSR count). The van der Waals surface area contributed by atoms with Crippen LogP contribution in [0.15, 0.2) is 36.4 Å².